The zero-order valence-corrected chi connectivity index (χ0v) is 16.1. The summed E-state index contributed by atoms with van der Waals surface area (Å²) >= 11 is 1.58. The van der Waals surface area contributed by atoms with Gasteiger partial charge < -0.3 is 4.90 Å². The van der Waals surface area contributed by atoms with Crippen LogP contribution in [-0.2, 0) is 11.2 Å². The number of aromatic nitrogens is 2. The molecule has 0 spiro atoms. The third-order valence-electron chi connectivity index (χ3n) is 4.96. The van der Waals surface area contributed by atoms with Crippen molar-refractivity contribution < 1.29 is 9.18 Å². The summed E-state index contributed by atoms with van der Waals surface area (Å²) in [5, 5.41) is 6.54. The third kappa shape index (κ3) is 4.04. The Morgan fingerprint density at radius 3 is 2.75 bits per heavy atom. The number of carbonyl (C=O) groups excluding carboxylic acids is 1. The summed E-state index contributed by atoms with van der Waals surface area (Å²) in [7, 11) is 0. The van der Waals surface area contributed by atoms with Crippen molar-refractivity contribution in [1.82, 2.24) is 14.7 Å². The molecule has 1 fully saturated rings. The molecule has 4 rings (SSSR count). The van der Waals surface area contributed by atoms with Crippen LogP contribution in [0.4, 0.5) is 4.39 Å². The molecule has 0 N–H and O–H groups in total. The number of hydrogen-bond acceptors (Lipinski definition) is 4. The second-order valence-electron chi connectivity index (χ2n) is 6.92. The second kappa shape index (κ2) is 8.06. The molecule has 1 amide bonds. The fraction of sp³-hybridized carbons (Fsp3) is 0.286. The number of thiophene rings is 1. The van der Waals surface area contributed by atoms with E-state index < -0.39 is 0 Å². The molecule has 7 heteroatoms. The van der Waals surface area contributed by atoms with Crippen molar-refractivity contribution in [3.63, 3.8) is 0 Å². The van der Waals surface area contributed by atoms with Crippen LogP contribution in [0.5, 0.6) is 0 Å². The van der Waals surface area contributed by atoms with E-state index in [0.717, 1.165) is 29.0 Å². The molecule has 3 heterocycles. The molecule has 1 aliphatic heterocycles. The Hall–Kier alpha value is -2.80. The molecule has 28 heavy (non-hydrogen) atoms. The van der Waals surface area contributed by atoms with E-state index in [1.807, 2.05) is 17.5 Å². The molecule has 5 nitrogen and oxygen atoms in total. The van der Waals surface area contributed by atoms with Crippen LogP contribution in [0, 0.1) is 5.82 Å². The number of piperidine rings is 1. The lowest BCUT2D eigenvalue weighted by Crippen LogP contribution is -2.44. The summed E-state index contributed by atoms with van der Waals surface area (Å²) in [6, 6.07) is 13.1. The zero-order valence-electron chi connectivity index (χ0n) is 15.3. The Balaban J connectivity index is 1.50. The maximum atomic E-state index is 13.1. The molecule has 1 aromatic carbocycles. The van der Waals surface area contributed by atoms with Gasteiger partial charge in [-0.05, 0) is 48.1 Å². The SMILES string of the molecule is O=C(Cc1ccc(F)cc1)N1CCC[C@@H](n2nc(-c3cccs3)ccc2=O)C1. The predicted molar refractivity (Wildman–Crippen MR) is 107 cm³/mol. The maximum absolute atomic E-state index is 13.1. The van der Waals surface area contributed by atoms with E-state index >= 15 is 0 Å². The van der Waals surface area contributed by atoms with Crippen molar-refractivity contribution >= 4 is 17.2 Å². The molecule has 1 atom stereocenters. The van der Waals surface area contributed by atoms with Gasteiger partial charge in [-0.2, -0.15) is 5.10 Å². The smallest absolute Gasteiger partial charge is 0.267 e. The van der Waals surface area contributed by atoms with Crippen LogP contribution in [0.3, 0.4) is 0 Å². The van der Waals surface area contributed by atoms with Crippen LogP contribution in [0.15, 0.2) is 58.7 Å². The van der Waals surface area contributed by atoms with Gasteiger partial charge >= 0.3 is 0 Å². The topological polar surface area (TPSA) is 55.2 Å². The van der Waals surface area contributed by atoms with Crippen molar-refractivity contribution in [2.45, 2.75) is 25.3 Å². The quantitative estimate of drug-likeness (QED) is 0.677. The standard InChI is InChI=1S/C21H20FN3O2S/c22-16-7-5-15(6-8-16)13-21(27)24-11-1-3-17(14-24)25-20(26)10-9-18(23-25)19-4-2-12-28-19/h2,4-10,12,17H,1,3,11,13-14H2/t17-/m1/s1. The van der Waals surface area contributed by atoms with Crippen molar-refractivity contribution in [1.29, 1.82) is 0 Å². The average molecular weight is 397 g/mol. The highest BCUT2D eigenvalue weighted by atomic mass is 32.1. The van der Waals surface area contributed by atoms with Crippen molar-refractivity contribution in [2.75, 3.05) is 13.1 Å². The fourth-order valence-electron chi connectivity index (χ4n) is 3.51. The van der Waals surface area contributed by atoms with Gasteiger partial charge in [0.15, 0.2) is 0 Å². The Morgan fingerprint density at radius 1 is 1.18 bits per heavy atom. The van der Waals surface area contributed by atoms with E-state index in [4.69, 9.17) is 0 Å². The van der Waals surface area contributed by atoms with Crippen LogP contribution in [0.2, 0.25) is 0 Å². The van der Waals surface area contributed by atoms with Crippen LogP contribution in [0.1, 0.15) is 24.4 Å². The van der Waals surface area contributed by atoms with Crippen LogP contribution in [-0.4, -0.2) is 33.7 Å². The molecule has 0 radical (unpaired) electrons. The van der Waals surface area contributed by atoms with Gasteiger partial charge in [-0.25, -0.2) is 9.07 Å². The van der Waals surface area contributed by atoms with Gasteiger partial charge in [-0.15, -0.1) is 11.3 Å². The minimum absolute atomic E-state index is 0.0150. The third-order valence-corrected chi connectivity index (χ3v) is 5.85. The molecule has 0 bridgehead atoms. The number of likely N-dealkylation sites (tertiary alicyclic amines) is 1. The first-order chi connectivity index (χ1) is 13.6. The number of carbonyl (C=O) groups is 1. The van der Waals surface area contributed by atoms with Crippen molar-refractivity contribution in [3.8, 4) is 10.6 Å². The second-order valence-corrected chi connectivity index (χ2v) is 7.87. The number of benzene rings is 1. The minimum atomic E-state index is -0.315. The van der Waals surface area contributed by atoms with Gasteiger partial charge in [-0.1, -0.05) is 18.2 Å². The van der Waals surface area contributed by atoms with E-state index in [2.05, 4.69) is 5.10 Å². The van der Waals surface area contributed by atoms with E-state index in [1.54, 1.807) is 40.5 Å². The molecule has 2 aromatic heterocycles. The van der Waals surface area contributed by atoms with Crippen LogP contribution >= 0.6 is 11.3 Å². The average Bonchev–Trinajstić information content (AvgIpc) is 3.25. The van der Waals surface area contributed by atoms with Gasteiger partial charge in [0, 0.05) is 19.2 Å². The Bertz CT molecular complexity index is 1010. The lowest BCUT2D eigenvalue weighted by molar-refractivity contribution is -0.132. The Kier molecular flexibility index (Phi) is 5.34. The minimum Gasteiger partial charge on any atom is -0.340 e. The van der Waals surface area contributed by atoms with Gasteiger partial charge in [0.25, 0.3) is 5.56 Å². The number of halogens is 1. The maximum Gasteiger partial charge on any atom is 0.267 e. The molecule has 1 aliphatic rings. The van der Waals surface area contributed by atoms with Gasteiger partial charge in [0.2, 0.25) is 5.91 Å². The van der Waals surface area contributed by atoms with Gasteiger partial charge in [0.05, 0.1) is 17.3 Å². The van der Waals surface area contributed by atoms with Crippen LogP contribution < -0.4 is 5.56 Å². The lowest BCUT2D eigenvalue weighted by Gasteiger charge is -2.33. The van der Waals surface area contributed by atoms with E-state index in [-0.39, 0.29) is 29.7 Å². The highest BCUT2D eigenvalue weighted by molar-refractivity contribution is 7.13. The summed E-state index contributed by atoms with van der Waals surface area (Å²) in [6.45, 7) is 1.12. The summed E-state index contributed by atoms with van der Waals surface area (Å²) in [5.74, 6) is -0.330. The van der Waals surface area contributed by atoms with Crippen molar-refractivity contribution in [3.05, 3.63) is 75.6 Å². The molecular weight excluding hydrogens is 377 g/mol. The molecule has 0 saturated carbocycles. The highest BCUT2D eigenvalue weighted by Crippen LogP contribution is 2.24. The van der Waals surface area contributed by atoms with Crippen molar-refractivity contribution in [2.24, 2.45) is 0 Å². The molecule has 3 aromatic rings. The summed E-state index contributed by atoms with van der Waals surface area (Å²) in [6.07, 6.45) is 1.85. The summed E-state index contributed by atoms with van der Waals surface area (Å²) in [4.78, 5) is 27.9. The summed E-state index contributed by atoms with van der Waals surface area (Å²) in [5.41, 5.74) is 1.39. The Morgan fingerprint density at radius 2 is 2.00 bits per heavy atom. The molecule has 144 valence electrons. The Labute approximate surface area is 166 Å². The number of hydrogen-bond donors (Lipinski definition) is 0. The lowest BCUT2D eigenvalue weighted by atomic mass is 10.0. The highest BCUT2D eigenvalue weighted by Gasteiger charge is 2.26. The fourth-order valence-corrected chi connectivity index (χ4v) is 4.20. The number of amides is 1. The number of rotatable bonds is 4. The van der Waals surface area contributed by atoms with E-state index in [9.17, 15) is 14.0 Å². The van der Waals surface area contributed by atoms with E-state index in [1.165, 1.54) is 16.8 Å². The zero-order chi connectivity index (χ0) is 19.5. The normalized spacial score (nSPS) is 16.9. The van der Waals surface area contributed by atoms with Gasteiger partial charge in [0.1, 0.15) is 11.5 Å². The first-order valence-electron chi connectivity index (χ1n) is 9.26. The molecular formula is C21H20FN3O2S. The molecule has 0 aliphatic carbocycles. The molecule has 1 saturated heterocycles. The molecule has 0 unspecified atom stereocenters. The van der Waals surface area contributed by atoms with Crippen LogP contribution in [0.25, 0.3) is 10.6 Å². The monoisotopic (exact) mass is 397 g/mol. The summed E-state index contributed by atoms with van der Waals surface area (Å²) < 4.78 is 14.6. The van der Waals surface area contributed by atoms with E-state index in [0.29, 0.717) is 13.1 Å². The van der Waals surface area contributed by atoms with Gasteiger partial charge in [-0.3, -0.25) is 9.59 Å². The largest absolute Gasteiger partial charge is 0.340 e. The predicted octanol–water partition coefficient (Wildman–Crippen LogP) is 3.52. The first-order valence-corrected chi connectivity index (χ1v) is 10.1. The number of nitrogens with zero attached hydrogens (tertiary/aromatic N) is 3. The first kappa shape index (κ1) is 18.6.